The van der Waals surface area contributed by atoms with Crippen molar-refractivity contribution in [1.82, 2.24) is 4.98 Å². The average molecular weight is 347 g/mol. The van der Waals surface area contributed by atoms with Crippen LogP contribution < -0.4 is 10.9 Å². The first kappa shape index (κ1) is 15.6. The maximum Gasteiger partial charge on any atom is 0.204 e. The van der Waals surface area contributed by atoms with E-state index in [0.717, 1.165) is 6.07 Å². The van der Waals surface area contributed by atoms with Crippen molar-refractivity contribution in [3.8, 4) is 11.5 Å². The van der Waals surface area contributed by atoms with Crippen molar-refractivity contribution in [2.45, 2.75) is 0 Å². The van der Waals surface area contributed by atoms with E-state index in [1.807, 2.05) is 6.07 Å². The number of aromatic hydroxyl groups is 2. The molecule has 0 atom stereocenters. The fourth-order valence-electron chi connectivity index (χ4n) is 2.69. The number of pyridine rings is 1. The molecule has 2 heterocycles. The van der Waals surface area contributed by atoms with Gasteiger partial charge in [-0.15, -0.1) is 0 Å². The predicted octanol–water partition coefficient (Wildman–Crippen LogP) is 3.20. The van der Waals surface area contributed by atoms with Gasteiger partial charge in [-0.2, -0.15) is 5.10 Å². The van der Waals surface area contributed by atoms with Gasteiger partial charge in [-0.3, -0.25) is 10.2 Å². The highest BCUT2D eigenvalue weighted by molar-refractivity contribution is 6.01. The molecule has 0 aliphatic heterocycles. The molecule has 0 amide bonds. The molecule has 2 aromatic heterocycles. The summed E-state index contributed by atoms with van der Waals surface area (Å²) < 4.78 is 5.77. The molecule has 7 heteroatoms. The molecule has 7 nitrogen and oxygen atoms in total. The summed E-state index contributed by atoms with van der Waals surface area (Å²) in [4.78, 5) is 16.8. The number of nitrogens with one attached hydrogen (secondary N) is 1. The van der Waals surface area contributed by atoms with Gasteiger partial charge in [0.05, 0.1) is 11.6 Å². The molecule has 0 bridgehead atoms. The topological polar surface area (TPSA) is 108 Å². The van der Waals surface area contributed by atoms with E-state index in [1.165, 1.54) is 12.3 Å². The largest absolute Gasteiger partial charge is 0.508 e. The maximum absolute atomic E-state index is 12.7. The lowest BCUT2D eigenvalue weighted by Gasteiger charge is -2.06. The van der Waals surface area contributed by atoms with Gasteiger partial charge in [0.25, 0.3) is 0 Å². The van der Waals surface area contributed by atoms with Gasteiger partial charge >= 0.3 is 0 Å². The zero-order valence-electron chi connectivity index (χ0n) is 13.4. The number of hydrogen-bond donors (Lipinski definition) is 3. The van der Waals surface area contributed by atoms with Gasteiger partial charge in [-0.25, -0.2) is 4.98 Å². The Bertz CT molecular complexity index is 1200. The van der Waals surface area contributed by atoms with Crippen LogP contribution in [0, 0.1) is 0 Å². The van der Waals surface area contributed by atoms with Crippen LogP contribution in [0.5, 0.6) is 11.5 Å². The van der Waals surface area contributed by atoms with E-state index in [9.17, 15) is 15.0 Å². The summed E-state index contributed by atoms with van der Waals surface area (Å²) in [5.41, 5.74) is 3.37. The normalized spacial score (nSPS) is 11.4. The Morgan fingerprint density at radius 3 is 2.81 bits per heavy atom. The number of hydrazone groups is 1. The first-order valence-electron chi connectivity index (χ1n) is 7.75. The quantitative estimate of drug-likeness (QED) is 0.298. The lowest BCUT2D eigenvalue weighted by molar-refractivity contribution is 0.453. The highest BCUT2D eigenvalue weighted by Gasteiger charge is 2.14. The number of anilines is 1. The number of hydrogen-bond acceptors (Lipinski definition) is 7. The zero-order chi connectivity index (χ0) is 18.1. The van der Waals surface area contributed by atoms with Crippen LogP contribution in [0.2, 0.25) is 0 Å². The lowest BCUT2D eigenvalue weighted by Crippen LogP contribution is -2.04. The molecule has 4 aromatic rings. The lowest BCUT2D eigenvalue weighted by atomic mass is 10.1. The summed E-state index contributed by atoms with van der Waals surface area (Å²) in [6.07, 6.45) is 3.15. The third-order valence-electron chi connectivity index (χ3n) is 3.84. The second-order valence-electron chi connectivity index (χ2n) is 5.58. The van der Waals surface area contributed by atoms with E-state index in [4.69, 9.17) is 4.42 Å². The highest BCUT2D eigenvalue weighted by atomic mass is 16.3. The Labute approximate surface area is 146 Å². The minimum absolute atomic E-state index is 0.0241. The number of phenols is 2. The van der Waals surface area contributed by atoms with E-state index in [2.05, 4.69) is 15.5 Å². The SMILES string of the molecule is O=c1c2cccc(/C=N\Nc3ccccn3)c2oc2cc(O)cc(O)c12. The van der Waals surface area contributed by atoms with Gasteiger partial charge in [0.1, 0.15) is 33.9 Å². The second-order valence-corrected chi connectivity index (χ2v) is 5.58. The summed E-state index contributed by atoms with van der Waals surface area (Å²) in [7, 11) is 0. The van der Waals surface area contributed by atoms with E-state index in [0.29, 0.717) is 22.4 Å². The Hall–Kier alpha value is -3.87. The fourth-order valence-corrected chi connectivity index (χ4v) is 2.69. The fraction of sp³-hybridized carbons (Fsp3) is 0. The van der Waals surface area contributed by atoms with Crippen LogP contribution in [0.4, 0.5) is 5.82 Å². The average Bonchev–Trinajstić information content (AvgIpc) is 2.62. The van der Waals surface area contributed by atoms with Gasteiger partial charge in [0.2, 0.25) is 5.43 Å². The monoisotopic (exact) mass is 347 g/mol. The molecule has 0 fully saturated rings. The molecule has 0 spiro atoms. The van der Waals surface area contributed by atoms with Crippen molar-refractivity contribution in [2.75, 3.05) is 5.43 Å². The smallest absolute Gasteiger partial charge is 0.204 e. The van der Waals surface area contributed by atoms with Gasteiger partial charge in [0.15, 0.2) is 0 Å². The minimum Gasteiger partial charge on any atom is -0.508 e. The Balaban J connectivity index is 1.84. The molecular formula is C19H13N3O4. The predicted molar refractivity (Wildman–Crippen MR) is 98.8 cm³/mol. The molecule has 4 rings (SSSR count). The second kappa shape index (κ2) is 6.21. The molecule has 0 aliphatic carbocycles. The van der Waals surface area contributed by atoms with Crippen molar-refractivity contribution in [1.29, 1.82) is 0 Å². The van der Waals surface area contributed by atoms with Crippen LogP contribution in [0.1, 0.15) is 5.56 Å². The number of fused-ring (bicyclic) bond motifs is 2. The summed E-state index contributed by atoms with van der Waals surface area (Å²) in [5.74, 6) is 0.0535. The van der Waals surface area contributed by atoms with Crippen molar-refractivity contribution < 1.29 is 14.6 Å². The van der Waals surface area contributed by atoms with Crippen LogP contribution in [0.15, 0.2) is 69.0 Å². The van der Waals surface area contributed by atoms with Crippen molar-refractivity contribution in [2.24, 2.45) is 5.10 Å². The zero-order valence-corrected chi connectivity index (χ0v) is 13.4. The van der Waals surface area contributed by atoms with E-state index >= 15 is 0 Å². The number of benzene rings is 2. The maximum atomic E-state index is 12.7. The molecule has 2 aromatic carbocycles. The number of para-hydroxylation sites is 1. The van der Waals surface area contributed by atoms with Crippen LogP contribution in [0.3, 0.4) is 0 Å². The molecular weight excluding hydrogens is 334 g/mol. The van der Waals surface area contributed by atoms with Crippen LogP contribution in [-0.2, 0) is 0 Å². The van der Waals surface area contributed by atoms with Gasteiger partial charge in [-0.1, -0.05) is 12.1 Å². The van der Waals surface area contributed by atoms with E-state index in [-0.39, 0.29) is 27.9 Å². The molecule has 128 valence electrons. The first-order chi connectivity index (χ1) is 12.6. The first-order valence-corrected chi connectivity index (χ1v) is 7.75. The number of rotatable bonds is 3. The third kappa shape index (κ3) is 2.71. The Morgan fingerprint density at radius 2 is 2.00 bits per heavy atom. The molecule has 3 N–H and O–H groups in total. The van der Waals surface area contributed by atoms with Gasteiger partial charge in [0, 0.05) is 23.9 Å². The Kier molecular flexibility index (Phi) is 3.74. The highest BCUT2D eigenvalue weighted by Crippen LogP contribution is 2.30. The number of nitrogens with zero attached hydrogens (tertiary/aromatic N) is 2. The summed E-state index contributed by atoms with van der Waals surface area (Å²) >= 11 is 0. The molecule has 0 saturated heterocycles. The van der Waals surface area contributed by atoms with E-state index in [1.54, 1.807) is 36.5 Å². The van der Waals surface area contributed by atoms with E-state index < -0.39 is 0 Å². The molecule has 0 radical (unpaired) electrons. The van der Waals surface area contributed by atoms with Gasteiger partial charge < -0.3 is 14.6 Å². The molecule has 26 heavy (non-hydrogen) atoms. The number of phenolic OH excluding ortho intramolecular Hbond substituents is 2. The standard InChI is InChI=1S/C19H13N3O4/c23-12-8-14(24)17-15(9-12)26-19-11(4-3-5-13(19)18(17)25)10-21-22-16-6-1-2-7-20-16/h1-10,23-24H,(H,20,22)/b21-10-. The molecule has 0 saturated carbocycles. The van der Waals surface area contributed by atoms with Crippen molar-refractivity contribution in [3.05, 3.63) is 70.5 Å². The third-order valence-corrected chi connectivity index (χ3v) is 3.84. The summed E-state index contributed by atoms with van der Waals surface area (Å²) in [6.45, 7) is 0. The summed E-state index contributed by atoms with van der Waals surface area (Å²) in [6, 6.07) is 12.8. The van der Waals surface area contributed by atoms with Crippen LogP contribution in [-0.4, -0.2) is 21.4 Å². The van der Waals surface area contributed by atoms with Crippen LogP contribution in [0.25, 0.3) is 21.9 Å². The molecule has 0 aliphatic rings. The minimum atomic E-state index is -0.383. The van der Waals surface area contributed by atoms with Crippen molar-refractivity contribution in [3.63, 3.8) is 0 Å². The summed E-state index contributed by atoms with van der Waals surface area (Å²) in [5, 5.41) is 24.0. The van der Waals surface area contributed by atoms with Gasteiger partial charge in [-0.05, 0) is 24.3 Å². The molecule has 0 unspecified atom stereocenters. The van der Waals surface area contributed by atoms with Crippen molar-refractivity contribution >= 4 is 34.0 Å². The van der Waals surface area contributed by atoms with Crippen LogP contribution >= 0.6 is 0 Å². The Morgan fingerprint density at radius 1 is 1.12 bits per heavy atom. The number of aromatic nitrogens is 1.